The summed E-state index contributed by atoms with van der Waals surface area (Å²) in [4.78, 5) is 15.2. The van der Waals surface area contributed by atoms with Crippen LogP contribution in [0.2, 0.25) is 0 Å². The fourth-order valence-corrected chi connectivity index (χ4v) is 2.67. The number of amides is 1. The molecule has 0 saturated heterocycles. The minimum Gasteiger partial charge on any atom is -0.338 e. The number of hydrogen-bond donors (Lipinski definition) is 0. The summed E-state index contributed by atoms with van der Waals surface area (Å²) >= 11 is 1.55. The van der Waals surface area contributed by atoms with E-state index in [4.69, 9.17) is 0 Å². The van der Waals surface area contributed by atoms with Crippen molar-refractivity contribution in [2.45, 2.75) is 52.4 Å². The molecule has 0 saturated carbocycles. The summed E-state index contributed by atoms with van der Waals surface area (Å²) < 4.78 is 0. The van der Waals surface area contributed by atoms with E-state index in [0.29, 0.717) is 0 Å². The molecule has 0 radical (unpaired) electrons. The van der Waals surface area contributed by atoms with E-state index in [2.05, 4.69) is 13.8 Å². The highest BCUT2D eigenvalue weighted by molar-refractivity contribution is 7.12. The number of carbonyl (C=O) groups is 1. The smallest absolute Gasteiger partial charge is 0.263 e. The largest absolute Gasteiger partial charge is 0.338 e. The lowest BCUT2D eigenvalue weighted by atomic mass is 10.2. The lowest BCUT2D eigenvalue weighted by molar-refractivity contribution is 0.0754. The molecule has 1 rings (SSSR count). The molecule has 0 aromatic carbocycles. The Balaban J connectivity index is 2.49. The van der Waals surface area contributed by atoms with Crippen LogP contribution in [0.5, 0.6) is 0 Å². The lowest BCUT2D eigenvalue weighted by Gasteiger charge is -2.22. The maximum atomic E-state index is 12.3. The molecule has 1 aromatic rings. The summed E-state index contributed by atoms with van der Waals surface area (Å²) in [5.41, 5.74) is 0. The molecule has 0 N–H and O–H groups in total. The van der Waals surface area contributed by atoms with Crippen LogP contribution in [0.25, 0.3) is 0 Å². The van der Waals surface area contributed by atoms with Crippen molar-refractivity contribution in [2.75, 3.05) is 13.1 Å². The molecule has 0 spiro atoms. The molecule has 1 heterocycles. The predicted octanol–water partition coefficient (Wildman–Crippen LogP) is 4.57. The van der Waals surface area contributed by atoms with E-state index in [-0.39, 0.29) is 5.91 Å². The summed E-state index contributed by atoms with van der Waals surface area (Å²) in [6.07, 6.45) is 7.08. The van der Waals surface area contributed by atoms with Gasteiger partial charge < -0.3 is 4.90 Å². The van der Waals surface area contributed by atoms with Gasteiger partial charge in [0.2, 0.25) is 0 Å². The van der Waals surface area contributed by atoms with Crippen LogP contribution in [-0.4, -0.2) is 23.9 Å². The third-order valence-electron chi connectivity index (χ3n) is 3.08. The van der Waals surface area contributed by atoms with Gasteiger partial charge in [-0.25, -0.2) is 0 Å². The van der Waals surface area contributed by atoms with Crippen LogP contribution in [0.15, 0.2) is 17.5 Å². The van der Waals surface area contributed by atoms with Crippen LogP contribution >= 0.6 is 11.3 Å². The normalized spacial score (nSPS) is 10.6. The first-order valence-electron chi connectivity index (χ1n) is 7.12. The summed E-state index contributed by atoms with van der Waals surface area (Å²) in [6.45, 7) is 6.22. The molecule has 0 unspecified atom stereocenters. The number of rotatable bonds is 9. The molecule has 0 bridgehead atoms. The highest BCUT2D eigenvalue weighted by atomic mass is 32.1. The molecule has 102 valence electrons. The molecule has 0 fully saturated rings. The van der Waals surface area contributed by atoms with E-state index in [1.54, 1.807) is 11.3 Å². The monoisotopic (exact) mass is 267 g/mol. The van der Waals surface area contributed by atoms with Crippen LogP contribution in [0.3, 0.4) is 0 Å². The first-order valence-corrected chi connectivity index (χ1v) is 8.00. The first kappa shape index (κ1) is 15.2. The average Bonchev–Trinajstić information content (AvgIpc) is 2.90. The minimum absolute atomic E-state index is 0.220. The molecule has 3 heteroatoms. The van der Waals surface area contributed by atoms with Crippen molar-refractivity contribution in [2.24, 2.45) is 0 Å². The Labute approximate surface area is 115 Å². The predicted molar refractivity (Wildman–Crippen MR) is 79.3 cm³/mol. The van der Waals surface area contributed by atoms with Crippen molar-refractivity contribution in [1.29, 1.82) is 0 Å². The van der Waals surface area contributed by atoms with Gasteiger partial charge in [0, 0.05) is 13.1 Å². The molecule has 18 heavy (non-hydrogen) atoms. The third-order valence-corrected chi connectivity index (χ3v) is 3.94. The molecule has 0 aliphatic heterocycles. The quantitative estimate of drug-likeness (QED) is 0.600. The zero-order valence-electron chi connectivity index (χ0n) is 11.7. The van der Waals surface area contributed by atoms with Gasteiger partial charge in [-0.2, -0.15) is 0 Å². The van der Waals surface area contributed by atoms with Gasteiger partial charge in [0.1, 0.15) is 0 Å². The number of unbranched alkanes of at least 4 members (excludes halogenated alkanes) is 4. The SMILES string of the molecule is CCCCCN(CCCCC)C(=O)c1cccs1. The van der Waals surface area contributed by atoms with Crippen LogP contribution < -0.4 is 0 Å². The third kappa shape index (κ3) is 5.21. The van der Waals surface area contributed by atoms with Crippen LogP contribution in [0.4, 0.5) is 0 Å². The first-order chi connectivity index (χ1) is 8.79. The van der Waals surface area contributed by atoms with Crippen molar-refractivity contribution >= 4 is 17.2 Å². The van der Waals surface area contributed by atoms with Gasteiger partial charge in [-0.05, 0) is 24.3 Å². The zero-order valence-corrected chi connectivity index (χ0v) is 12.5. The van der Waals surface area contributed by atoms with Gasteiger partial charge in [-0.1, -0.05) is 45.6 Å². The van der Waals surface area contributed by atoms with E-state index in [1.807, 2.05) is 22.4 Å². The molecule has 0 atom stereocenters. The standard InChI is InChI=1S/C15H25NOS/c1-3-5-7-11-16(12-8-6-4-2)15(17)14-10-9-13-18-14/h9-10,13H,3-8,11-12H2,1-2H3. The number of thiophene rings is 1. The zero-order chi connectivity index (χ0) is 13.2. The molecule has 1 amide bonds. The molecule has 0 aliphatic rings. The van der Waals surface area contributed by atoms with Crippen molar-refractivity contribution in [3.63, 3.8) is 0 Å². The van der Waals surface area contributed by atoms with E-state index in [9.17, 15) is 4.79 Å². The fraction of sp³-hybridized carbons (Fsp3) is 0.667. The van der Waals surface area contributed by atoms with Gasteiger partial charge >= 0.3 is 0 Å². The molecule has 1 aromatic heterocycles. The van der Waals surface area contributed by atoms with E-state index < -0.39 is 0 Å². The second kappa shape index (κ2) is 9.15. The van der Waals surface area contributed by atoms with Gasteiger partial charge in [0.25, 0.3) is 5.91 Å². The highest BCUT2D eigenvalue weighted by Gasteiger charge is 2.15. The Morgan fingerprint density at radius 2 is 1.72 bits per heavy atom. The molecular formula is C15H25NOS. The minimum atomic E-state index is 0.220. The van der Waals surface area contributed by atoms with Gasteiger partial charge in [0.15, 0.2) is 0 Å². The van der Waals surface area contributed by atoms with Crippen molar-refractivity contribution in [1.82, 2.24) is 4.90 Å². The summed E-state index contributed by atoms with van der Waals surface area (Å²) in [5.74, 6) is 0.220. The second-order valence-electron chi connectivity index (χ2n) is 4.68. The summed E-state index contributed by atoms with van der Waals surface area (Å²) in [6, 6.07) is 3.88. The Bertz CT molecular complexity index is 311. The van der Waals surface area contributed by atoms with Crippen LogP contribution in [-0.2, 0) is 0 Å². The summed E-state index contributed by atoms with van der Waals surface area (Å²) in [5, 5.41) is 1.98. The topological polar surface area (TPSA) is 20.3 Å². The van der Waals surface area contributed by atoms with Gasteiger partial charge in [-0.15, -0.1) is 11.3 Å². The van der Waals surface area contributed by atoms with Gasteiger partial charge in [-0.3, -0.25) is 4.79 Å². The Morgan fingerprint density at radius 3 is 2.17 bits per heavy atom. The maximum Gasteiger partial charge on any atom is 0.263 e. The van der Waals surface area contributed by atoms with Crippen molar-refractivity contribution < 1.29 is 4.79 Å². The highest BCUT2D eigenvalue weighted by Crippen LogP contribution is 2.14. The Hall–Kier alpha value is -0.830. The molecule has 0 aliphatic carbocycles. The van der Waals surface area contributed by atoms with E-state index in [0.717, 1.165) is 30.8 Å². The van der Waals surface area contributed by atoms with Crippen molar-refractivity contribution in [3.8, 4) is 0 Å². The average molecular weight is 267 g/mol. The summed E-state index contributed by atoms with van der Waals surface area (Å²) in [7, 11) is 0. The molecule has 2 nitrogen and oxygen atoms in total. The van der Waals surface area contributed by atoms with E-state index in [1.165, 1.54) is 25.7 Å². The Kier molecular flexibility index (Phi) is 7.74. The van der Waals surface area contributed by atoms with Gasteiger partial charge in [0.05, 0.1) is 4.88 Å². The maximum absolute atomic E-state index is 12.3. The van der Waals surface area contributed by atoms with Crippen LogP contribution in [0, 0.1) is 0 Å². The second-order valence-corrected chi connectivity index (χ2v) is 5.63. The Morgan fingerprint density at radius 1 is 1.11 bits per heavy atom. The van der Waals surface area contributed by atoms with Crippen LogP contribution in [0.1, 0.15) is 62.0 Å². The fourth-order valence-electron chi connectivity index (χ4n) is 1.98. The van der Waals surface area contributed by atoms with Crippen molar-refractivity contribution in [3.05, 3.63) is 22.4 Å². The number of carbonyl (C=O) groups excluding carboxylic acids is 1. The number of hydrogen-bond acceptors (Lipinski definition) is 2. The van der Waals surface area contributed by atoms with E-state index >= 15 is 0 Å². The lowest BCUT2D eigenvalue weighted by Crippen LogP contribution is -2.32. The molecular weight excluding hydrogens is 242 g/mol. The number of nitrogens with zero attached hydrogens (tertiary/aromatic N) is 1.